The van der Waals surface area contributed by atoms with Crippen LogP contribution in [0.5, 0.6) is 5.75 Å². The minimum atomic E-state index is 0. The quantitative estimate of drug-likeness (QED) is 0.864. The highest BCUT2D eigenvalue weighted by Gasteiger charge is 2.12. The fraction of sp³-hybridized carbons (Fsp3) is 0.368. The highest BCUT2D eigenvalue weighted by Crippen LogP contribution is 2.29. The third-order valence-electron chi connectivity index (χ3n) is 4.11. The number of para-hydroxylation sites is 1. The van der Waals surface area contributed by atoms with Crippen LogP contribution in [0.3, 0.4) is 0 Å². The molecule has 3 rings (SSSR count). The van der Waals surface area contributed by atoms with Crippen LogP contribution in [0.4, 0.5) is 0 Å². The Hall–Kier alpha value is -1.51. The van der Waals surface area contributed by atoms with E-state index in [2.05, 4.69) is 47.8 Å². The SMILES string of the molecule is Cl.c1ccc(-c2ccccc2OCCC2CCCCN2)cc1. The van der Waals surface area contributed by atoms with Gasteiger partial charge in [0.2, 0.25) is 0 Å². The molecular weight excluding hydrogens is 294 g/mol. The number of halogens is 1. The van der Waals surface area contributed by atoms with Crippen molar-refractivity contribution in [1.29, 1.82) is 0 Å². The summed E-state index contributed by atoms with van der Waals surface area (Å²) in [6.45, 7) is 1.94. The van der Waals surface area contributed by atoms with Crippen molar-refractivity contribution in [2.45, 2.75) is 31.7 Å². The van der Waals surface area contributed by atoms with Gasteiger partial charge in [-0.05, 0) is 37.4 Å². The fourth-order valence-corrected chi connectivity index (χ4v) is 2.93. The highest BCUT2D eigenvalue weighted by atomic mass is 35.5. The number of nitrogens with one attached hydrogen (secondary N) is 1. The Bertz CT molecular complexity index is 552. The Morgan fingerprint density at radius 3 is 2.50 bits per heavy atom. The van der Waals surface area contributed by atoms with Crippen LogP contribution in [-0.4, -0.2) is 19.2 Å². The first-order valence-electron chi connectivity index (χ1n) is 7.94. The smallest absolute Gasteiger partial charge is 0.127 e. The number of hydrogen-bond donors (Lipinski definition) is 1. The van der Waals surface area contributed by atoms with Gasteiger partial charge in [0.25, 0.3) is 0 Å². The van der Waals surface area contributed by atoms with Gasteiger partial charge in [-0.1, -0.05) is 55.0 Å². The van der Waals surface area contributed by atoms with E-state index in [4.69, 9.17) is 4.74 Å². The number of hydrogen-bond acceptors (Lipinski definition) is 2. The molecule has 1 aliphatic heterocycles. The summed E-state index contributed by atoms with van der Waals surface area (Å²) >= 11 is 0. The lowest BCUT2D eigenvalue weighted by Crippen LogP contribution is -2.35. The maximum atomic E-state index is 6.05. The predicted molar refractivity (Wildman–Crippen MR) is 94.9 cm³/mol. The minimum Gasteiger partial charge on any atom is -0.493 e. The lowest BCUT2D eigenvalue weighted by atomic mass is 10.0. The van der Waals surface area contributed by atoms with Crippen molar-refractivity contribution < 1.29 is 4.74 Å². The van der Waals surface area contributed by atoms with Gasteiger partial charge in [-0.3, -0.25) is 0 Å². The maximum Gasteiger partial charge on any atom is 0.127 e. The van der Waals surface area contributed by atoms with Gasteiger partial charge in [-0.2, -0.15) is 0 Å². The lowest BCUT2D eigenvalue weighted by Gasteiger charge is -2.23. The molecule has 2 nitrogen and oxygen atoms in total. The van der Waals surface area contributed by atoms with Crippen LogP contribution < -0.4 is 10.1 Å². The Morgan fingerprint density at radius 1 is 0.955 bits per heavy atom. The first-order chi connectivity index (χ1) is 10.4. The van der Waals surface area contributed by atoms with E-state index < -0.39 is 0 Å². The zero-order valence-electron chi connectivity index (χ0n) is 12.8. The van der Waals surface area contributed by atoms with E-state index >= 15 is 0 Å². The highest BCUT2D eigenvalue weighted by molar-refractivity contribution is 5.85. The van der Waals surface area contributed by atoms with Crippen molar-refractivity contribution in [3.63, 3.8) is 0 Å². The van der Waals surface area contributed by atoms with E-state index in [0.29, 0.717) is 6.04 Å². The average molecular weight is 318 g/mol. The molecule has 0 bridgehead atoms. The molecule has 2 aromatic rings. The molecule has 3 heteroatoms. The summed E-state index contributed by atoms with van der Waals surface area (Å²) in [5, 5.41) is 3.57. The van der Waals surface area contributed by atoms with Crippen molar-refractivity contribution in [2.24, 2.45) is 0 Å². The molecule has 0 spiro atoms. The first-order valence-corrected chi connectivity index (χ1v) is 7.94. The van der Waals surface area contributed by atoms with Gasteiger partial charge in [0.05, 0.1) is 6.61 Å². The third-order valence-corrected chi connectivity index (χ3v) is 4.11. The first kappa shape index (κ1) is 16.9. The third kappa shape index (κ3) is 4.49. The molecule has 22 heavy (non-hydrogen) atoms. The van der Waals surface area contributed by atoms with Gasteiger partial charge in [0, 0.05) is 11.6 Å². The van der Waals surface area contributed by atoms with Crippen LogP contribution in [0.25, 0.3) is 11.1 Å². The summed E-state index contributed by atoms with van der Waals surface area (Å²) in [5.41, 5.74) is 2.39. The number of rotatable bonds is 5. The van der Waals surface area contributed by atoms with Crippen LogP contribution in [-0.2, 0) is 0 Å². The molecule has 118 valence electrons. The summed E-state index contributed by atoms with van der Waals surface area (Å²) in [6.07, 6.45) is 5.03. The standard InChI is InChI=1S/C19H23NO.ClH/c1-2-8-16(9-3-1)18-11-4-5-12-19(18)21-15-13-17-10-6-7-14-20-17;/h1-5,8-9,11-12,17,20H,6-7,10,13-15H2;1H. The molecule has 0 aliphatic carbocycles. The molecule has 1 heterocycles. The Kier molecular flexibility index (Phi) is 6.75. The predicted octanol–water partition coefficient (Wildman–Crippen LogP) is 4.69. The molecule has 0 saturated carbocycles. The summed E-state index contributed by atoms with van der Waals surface area (Å²) in [4.78, 5) is 0. The van der Waals surface area contributed by atoms with Crippen LogP contribution in [0.1, 0.15) is 25.7 Å². The zero-order chi connectivity index (χ0) is 14.3. The summed E-state index contributed by atoms with van der Waals surface area (Å²) in [6, 6.07) is 19.4. The Balaban J connectivity index is 0.00000176. The van der Waals surface area contributed by atoms with Crippen molar-refractivity contribution in [3.05, 3.63) is 54.6 Å². The second-order valence-corrected chi connectivity index (χ2v) is 5.65. The summed E-state index contributed by atoms with van der Waals surface area (Å²) < 4.78 is 6.05. The Labute approximate surface area is 139 Å². The number of piperidine rings is 1. The van der Waals surface area contributed by atoms with Gasteiger partial charge < -0.3 is 10.1 Å². The van der Waals surface area contributed by atoms with Crippen molar-refractivity contribution in [3.8, 4) is 16.9 Å². The summed E-state index contributed by atoms with van der Waals surface area (Å²) in [7, 11) is 0. The zero-order valence-corrected chi connectivity index (χ0v) is 13.6. The van der Waals surface area contributed by atoms with Gasteiger partial charge in [0.1, 0.15) is 5.75 Å². The molecule has 0 amide bonds. The average Bonchev–Trinajstić information content (AvgIpc) is 2.57. The minimum absolute atomic E-state index is 0. The lowest BCUT2D eigenvalue weighted by molar-refractivity contribution is 0.269. The van der Waals surface area contributed by atoms with Crippen molar-refractivity contribution >= 4 is 12.4 Å². The molecule has 1 unspecified atom stereocenters. The largest absolute Gasteiger partial charge is 0.493 e. The maximum absolute atomic E-state index is 6.05. The molecule has 1 aliphatic rings. The topological polar surface area (TPSA) is 21.3 Å². The van der Waals surface area contributed by atoms with E-state index in [9.17, 15) is 0 Å². The number of benzene rings is 2. The van der Waals surface area contributed by atoms with Gasteiger partial charge in [-0.15, -0.1) is 12.4 Å². The van der Waals surface area contributed by atoms with E-state index in [1.807, 2.05) is 12.1 Å². The van der Waals surface area contributed by atoms with Crippen molar-refractivity contribution in [1.82, 2.24) is 5.32 Å². The molecule has 1 N–H and O–H groups in total. The molecule has 1 fully saturated rings. The monoisotopic (exact) mass is 317 g/mol. The van der Waals surface area contributed by atoms with Crippen LogP contribution in [0, 0.1) is 0 Å². The second-order valence-electron chi connectivity index (χ2n) is 5.65. The van der Waals surface area contributed by atoms with E-state index in [1.165, 1.54) is 30.4 Å². The normalized spacial score (nSPS) is 17.5. The van der Waals surface area contributed by atoms with E-state index in [1.54, 1.807) is 0 Å². The molecule has 1 atom stereocenters. The Morgan fingerprint density at radius 2 is 1.73 bits per heavy atom. The summed E-state index contributed by atoms with van der Waals surface area (Å²) in [5.74, 6) is 0.986. The van der Waals surface area contributed by atoms with Crippen LogP contribution in [0.15, 0.2) is 54.6 Å². The fourth-order valence-electron chi connectivity index (χ4n) is 2.93. The van der Waals surface area contributed by atoms with Crippen LogP contribution in [0.2, 0.25) is 0 Å². The van der Waals surface area contributed by atoms with E-state index in [-0.39, 0.29) is 12.4 Å². The molecule has 1 saturated heterocycles. The molecule has 0 aromatic heterocycles. The van der Waals surface area contributed by atoms with Crippen molar-refractivity contribution in [2.75, 3.05) is 13.2 Å². The molecular formula is C19H24ClNO. The van der Waals surface area contributed by atoms with Crippen LogP contribution >= 0.6 is 12.4 Å². The molecule has 2 aromatic carbocycles. The molecule has 0 radical (unpaired) electrons. The second kappa shape index (κ2) is 8.82. The van der Waals surface area contributed by atoms with Gasteiger partial charge in [-0.25, -0.2) is 0 Å². The van der Waals surface area contributed by atoms with Gasteiger partial charge in [0.15, 0.2) is 0 Å². The number of ether oxygens (including phenoxy) is 1. The van der Waals surface area contributed by atoms with E-state index in [0.717, 1.165) is 25.3 Å². The van der Waals surface area contributed by atoms with Gasteiger partial charge >= 0.3 is 0 Å².